The van der Waals surface area contributed by atoms with Crippen LogP contribution in [0.25, 0.3) is 0 Å². The zero-order valence-corrected chi connectivity index (χ0v) is 11.4. The molecule has 100 valence electrons. The van der Waals surface area contributed by atoms with Crippen molar-refractivity contribution in [1.29, 1.82) is 0 Å². The van der Waals surface area contributed by atoms with E-state index in [4.69, 9.17) is 4.74 Å². The topological polar surface area (TPSA) is 54.5 Å². The van der Waals surface area contributed by atoms with Crippen LogP contribution in [0, 0.1) is 0 Å². The van der Waals surface area contributed by atoms with Crippen molar-refractivity contribution >= 4 is 22.4 Å². The number of anilines is 1. The number of ether oxygens (including phenoxy) is 1. The molecule has 0 aromatic carbocycles. The number of hydrogen-bond acceptors (Lipinski definition) is 5. The van der Waals surface area contributed by atoms with Gasteiger partial charge in [0.15, 0.2) is 5.13 Å². The first-order valence-electron chi connectivity index (χ1n) is 6.22. The number of nitrogens with zero attached hydrogens (tertiary/aromatic N) is 2. The lowest BCUT2D eigenvalue weighted by Gasteiger charge is -2.32. The van der Waals surface area contributed by atoms with Crippen LogP contribution in [0.1, 0.15) is 19.3 Å². The van der Waals surface area contributed by atoms with Gasteiger partial charge in [-0.05, 0) is 12.8 Å². The third kappa shape index (κ3) is 3.68. The molecule has 2 heterocycles. The minimum absolute atomic E-state index is 0.0875. The van der Waals surface area contributed by atoms with Crippen LogP contribution in [-0.2, 0) is 9.53 Å². The van der Waals surface area contributed by atoms with Gasteiger partial charge in [0.25, 0.3) is 0 Å². The van der Waals surface area contributed by atoms with Crippen LogP contribution in [0.4, 0.5) is 5.13 Å². The molecule has 1 amide bonds. The summed E-state index contributed by atoms with van der Waals surface area (Å²) in [6, 6.07) is 0.297. The lowest BCUT2D eigenvalue weighted by atomic mass is 10.1. The molecule has 0 bridgehead atoms. The van der Waals surface area contributed by atoms with Gasteiger partial charge in [0.1, 0.15) is 0 Å². The molecule has 0 unspecified atom stereocenters. The summed E-state index contributed by atoms with van der Waals surface area (Å²) >= 11 is 1.67. The molecule has 1 N–H and O–H groups in total. The molecule has 1 saturated heterocycles. The van der Waals surface area contributed by atoms with Crippen LogP contribution in [0.15, 0.2) is 11.6 Å². The molecule has 0 radical (unpaired) electrons. The van der Waals surface area contributed by atoms with Gasteiger partial charge in [-0.15, -0.1) is 11.3 Å². The van der Waals surface area contributed by atoms with Crippen LogP contribution in [-0.4, -0.2) is 43.7 Å². The maximum atomic E-state index is 11.6. The normalized spacial score (nSPS) is 16.8. The molecule has 0 atom stereocenters. The van der Waals surface area contributed by atoms with E-state index in [-0.39, 0.29) is 5.91 Å². The van der Waals surface area contributed by atoms with E-state index in [0.717, 1.165) is 31.1 Å². The van der Waals surface area contributed by atoms with Crippen LogP contribution < -0.4 is 10.2 Å². The summed E-state index contributed by atoms with van der Waals surface area (Å²) in [7, 11) is 1.61. The van der Waals surface area contributed by atoms with E-state index in [2.05, 4.69) is 15.2 Å². The van der Waals surface area contributed by atoms with Crippen molar-refractivity contribution in [2.24, 2.45) is 0 Å². The lowest BCUT2D eigenvalue weighted by Crippen LogP contribution is -2.44. The van der Waals surface area contributed by atoms with Crippen molar-refractivity contribution in [3.05, 3.63) is 11.6 Å². The predicted molar refractivity (Wildman–Crippen MR) is 72.0 cm³/mol. The van der Waals surface area contributed by atoms with E-state index in [1.807, 2.05) is 11.6 Å². The maximum absolute atomic E-state index is 11.6. The largest absolute Gasteiger partial charge is 0.384 e. The van der Waals surface area contributed by atoms with Gasteiger partial charge in [-0.2, -0.15) is 0 Å². The minimum Gasteiger partial charge on any atom is -0.384 e. The second kappa shape index (κ2) is 6.70. The highest BCUT2D eigenvalue weighted by Gasteiger charge is 2.21. The first-order valence-corrected chi connectivity index (χ1v) is 7.10. The highest BCUT2D eigenvalue weighted by Crippen LogP contribution is 2.21. The number of thiazole rings is 1. The zero-order valence-electron chi connectivity index (χ0n) is 10.6. The monoisotopic (exact) mass is 269 g/mol. The van der Waals surface area contributed by atoms with Gasteiger partial charge in [-0.1, -0.05) is 0 Å². The average Bonchev–Trinajstić information content (AvgIpc) is 2.91. The van der Waals surface area contributed by atoms with Crippen molar-refractivity contribution in [2.45, 2.75) is 25.3 Å². The molecule has 0 saturated carbocycles. The Labute approximate surface area is 111 Å². The fraction of sp³-hybridized carbons (Fsp3) is 0.667. The Hall–Kier alpha value is -1.14. The van der Waals surface area contributed by atoms with E-state index < -0.39 is 0 Å². The van der Waals surface area contributed by atoms with Gasteiger partial charge in [-0.25, -0.2) is 4.98 Å². The number of hydrogen-bond donors (Lipinski definition) is 1. The second-order valence-corrected chi connectivity index (χ2v) is 5.26. The molecule has 1 fully saturated rings. The van der Waals surface area contributed by atoms with E-state index in [1.165, 1.54) is 0 Å². The molecule has 18 heavy (non-hydrogen) atoms. The van der Waals surface area contributed by atoms with E-state index in [9.17, 15) is 4.79 Å². The smallest absolute Gasteiger partial charge is 0.222 e. The highest BCUT2D eigenvalue weighted by atomic mass is 32.1. The lowest BCUT2D eigenvalue weighted by molar-refractivity contribution is -0.122. The van der Waals surface area contributed by atoms with Crippen LogP contribution >= 0.6 is 11.3 Å². The SMILES string of the molecule is COCCC(=O)NC1CCN(c2nccs2)CC1. The number of carbonyl (C=O) groups excluding carboxylic acids is 1. The Kier molecular flexibility index (Phi) is 4.95. The van der Waals surface area contributed by atoms with Gasteiger partial charge in [0.2, 0.25) is 5.91 Å². The Balaban J connectivity index is 1.72. The standard InChI is InChI=1S/C12H19N3O2S/c1-17-8-4-11(16)14-10-2-6-15(7-3-10)12-13-5-9-18-12/h5,9-10H,2-4,6-8H2,1H3,(H,14,16). The third-order valence-corrected chi connectivity index (χ3v) is 3.92. The summed E-state index contributed by atoms with van der Waals surface area (Å²) in [5, 5.41) is 6.13. The molecule has 1 aromatic rings. The van der Waals surface area contributed by atoms with Gasteiger partial charge in [0, 0.05) is 44.2 Å². The molecule has 0 spiro atoms. The quantitative estimate of drug-likeness (QED) is 0.874. The van der Waals surface area contributed by atoms with Crippen molar-refractivity contribution < 1.29 is 9.53 Å². The van der Waals surface area contributed by atoms with E-state index in [0.29, 0.717) is 19.1 Å². The molecule has 6 heteroatoms. The van der Waals surface area contributed by atoms with E-state index in [1.54, 1.807) is 18.4 Å². The number of methoxy groups -OCH3 is 1. The summed E-state index contributed by atoms with van der Waals surface area (Å²) in [5.74, 6) is 0.0875. The third-order valence-electron chi connectivity index (χ3n) is 3.08. The van der Waals surface area contributed by atoms with Crippen molar-refractivity contribution in [3.63, 3.8) is 0 Å². The van der Waals surface area contributed by atoms with Gasteiger partial charge >= 0.3 is 0 Å². The molecule has 1 aliphatic rings. The summed E-state index contributed by atoms with van der Waals surface area (Å²) in [6.45, 7) is 2.41. The predicted octanol–water partition coefficient (Wildman–Crippen LogP) is 1.26. The zero-order chi connectivity index (χ0) is 12.8. The second-order valence-electron chi connectivity index (χ2n) is 4.39. The number of aromatic nitrogens is 1. The molecule has 2 rings (SSSR count). The van der Waals surface area contributed by atoms with Crippen molar-refractivity contribution in [1.82, 2.24) is 10.3 Å². The summed E-state index contributed by atoms with van der Waals surface area (Å²) in [6.07, 6.45) is 4.25. The summed E-state index contributed by atoms with van der Waals surface area (Å²) in [4.78, 5) is 18.2. The Morgan fingerprint density at radius 3 is 3.00 bits per heavy atom. The Bertz CT molecular complexity index is 361. The first-order chi connectivity index (χ1) is 8.79. The Morgan fingerprint density at radius 1 is 1.61 bits per heavy atom. The van der Waals surface area contributed by atoms with Crippen molar-refractivity contribution in [2.75, 3.05) is 31.7 Å². The number of piperidine rings is 1. The number of amides is 1. The average molecular weight is 269 g/mol. The number of carbonyl (C=O) groups is 1. The first kappa shape index (κ1) is 13.3. The van der Waals surface area contributed by atoms with Crippen LogP contribution in [0.5, 0.6) is 0 Å². The van der Waals surface area contributed by atoms with Gasteiger partial charge in [0.05, 0.1) is 6.61 Å². The fourth-order valence-corrected chi connectivity index (χ4v) is 2.78. The van der Waals surface area contributed by atoms with Crippen molar-refractivity contribution in [3.8, 4) is 0 Å². The fourth-order valence-electron chi connectivity index (χ4n) is 2.08. The molecular weight excluding hydrogens is 250 g/mol. The highest BCUT2D eigenvalue weighted by molar-refractivity contribution is 7.13. The number of nitrogens with one attached hydrogen (secondary N) is 1. The van der Waals surface area contributed by atoms with E-state index >= 15 is 0 Å². The molecule has 0 aliphatic carbocycles. The van der Waals surface area contributed by atoms with Gasteiger partial charge < -0.3 is 15.0 Å². The number of rotatable bonds is 5. The van der Waals surface area contributed by atoms with Crippen LogP contribution in [0.2, 0.25) is 0 Å². The summed E-state index contributed by atoms with van der Waals surface area (Å²) < 4.78 is 4.89. The summed E-state index contributed by atoms with van der Waals surface area (Å²) in [5.41, 5.74) is 0. The molecule has 1 aliphatic heterocycles. The minimum atomic E-state index is 0.0875. The Morgan fingerprint density at radius 2 is 2.39 bits per heavy atom. The molecule has 1 aromatic heterocycles. The maximum Gasteiger partial charge on any atom is 0.222 e. The molecule has 5 nitrogen and oxygen atoms in total. The van der Waals surface area contributed by atoms with Crippen LogP contribution in [0.3, 0.4) is 0 Å². The van der Waals surface area contributed by atoms with Gasteiger partial charge in [-0.3, -0.25) is 4.79 Å². The molecular formula is C12H19N3O2S.